The molecular weight excluding hydrogens is 432 g/mol. The van der Waals surface area contributed by atoms with Crippen LogP contribution in [0.4, 0.5) is 5.69 Å². The average molecular weight is 453 g/mol. The van der Waals surface area contributed by atoms with Crippen LogP contribution in [-0.4, -0.2) is 24.1 Å². The van der Waals surface area contributed by atoms with Gasteiger partial charge in [-0.1, -0.05) is 23.7 Å². The van der Waals surface area contributed by atoms with Gasteiger partial charge >= 0.3 is 0 Å². The lowest BCUT2D eigenvalue weighted by Crippen LogP contribution is -2.13. The summed E-state index contributed by atoms with van der Waals surface area (Å²) in [7, 11) is 0. The predicted molar refractivity (Wildman–Crippen MR) is 127 cm³/mol. The molecule has 0 fully saturated rings. The van der Waals surface area contributed by atoms with Crippen molar-refractivity contribution < 1.29 is 14.3 Å². The van der Waals surface area contributed by atoms with E-state index in [0.29, 0.717) is 41.0 Å². The number of para-hydroxylation sites is 1. The number of carbonyl (C=O) groups excluding carboxylic acids is 1. The molecule has 4 aromatic rings. The number of anilines is 1. The van der Waals surface area contributed by atoms with Crippen molar-refractivity contribution in [3.63, 3.8) is 0 Å². The summed E-state index contributed by atoms with van der Waals surface area (Å²) < 4.78 is 12.3. The third kappa shape index (κ3) is 4.81. The monoisotopic (exact) mass is 452 g/mol. The Bertz CT molecular complexity index is 1180. The zero-order valence-electron chi connectivity index (χ0n) is 17.1. The molecule has 5 nitrogen and oxygen atoms in total. The SMILES string of the molecule is CCOc1cc(OCC)cc(C(=O)Nc2ccc(Cl)cc2-c2nc3ccccc3s2)c1. The summed E-state index contributed by atoms with van der Waals surface area (Å²) in [6.07, 6.45) is 0. The van der Waals surface area contributed by atoms with Crippen LogP contribution in [0.2, 0.25) is 5.02 Å². The van der Waals surface area contributed by atoms with E-state index in [4.69, 9.17) is 26.1 Å². The van der Waals surface area contributed by atoms with Gasteiger partial charge in [-0.25, -0.2) is 4.98 Å². The van der Waals surface area contributed by atoms with Crippen LogP contribution in [0.1, 0.15) is 24.2 Å². The molecule has 158 valence electrons. The Balaban J connectivity index is 1.69. The molecular formula is C24H21ClN2O3S. The Labute approximate surface area is 189 Å². The van der Waals surface area contributed by atoms with Crippen molar-refractivity contribution in [2.75, 3.05) is 18.5 Å². The van der Waals surface area contributed by atoms with Gasteiger partial charge in [0.25, 0.3) is 5.91 Å². The molecule has 7 heteroatoms. The second-order valence-corrected chi connectivity index (χ2v) is 8.16. The largest absolute Gasteiger partial charge is 0.494 e. The maximum atomic E-state index is 13.1. The van der Waals surface area contributed by atoms with Gasteiger partial charge in [0.05, 0.1) is 29.1 Å². The summed E-state index contributed by atoms with van der Waals surface area (Å²) in [5.74, 6) is 0.898. The zero-order valence-corrected chi connectivity index (χ0v) is 18.7. The molecule has 31 heavy (non-hydrogen) atoms. The number of amides is 1. The van der Waals surface area contributed by atoms with E-state index in [1.165, 1.54) is 0 Å². The van der Waals surface area contributed by atoms with Crippen LogP contribution in [0.25, 0.3) is 20.8 Å². The van der Waals surface area contributed by atoms with E-state index in [1.807, 2.05) is 44.2 Å². The lowest BCUT2D eigenvalue weighted by molar-refractivity contribution is 0.102. The van der Waals surface area contributed by atoms with Crippen LogP contribution < -0.4 is 14.8 Å². The lowest BCUT2D eigenvalue weighted by Gasteiger charge is -2.13. The van der Waals surface area contributed by atoms with Gasteiger partial charge in [0.2, 0.25) is 0 Å². The first-order valence-electron chi connectivity index (χ1n) is 9.95. The number of nitrogens with zero attached hydrogens (tertiary/aromatic N) is 1. The van der Waals surface area contributed by atoms with Crippen molar-refractivity contribution in [3.8, 4) is 22.1 Å². The van der Waals surface area contributed by atoms with Gasteiger partial charge in [0.15, 0.2) is 0 Å². The molecule has 0 atom stereocenters. The molecule has 0 aliphatic rings. The van der Waals surface area contributed by atoms with Crippen LogP contribution in [0.3, 0.4) is 0 Å². The van der Waals surface area contributed by atoms with Gasteiger partial charge < -0.3 is 14.8 Å². The minimum Gasteiger partial charge on any atom is -0.494 e. The number of fused-ring (bicyclic) bond motifs is 1. The van der Waals surface area contributed by atoms with Crippen molar-refractivity contribution in [1.82, 2.24) is 4.98 Å². The summed E-state index contributed by atoms with van der Waals surface area (Å²) in [5, 5.41) is 4.36. The Kier molecular flexibility index (Phi) is 6.39. The Hall–Kier alpha value is -3.09. The molecule has 0 bridgehead atoms. The number of hydrogen-bond donors (Lipinski definition) is 1. The summed E-state index contributed by atoms with van der Waals surface area (Å²) >= 11 is 7.81. The molecule has 1 amide bonds. The first kappa shape index (κ1) is 21.2. The van der Waals surface area contributed by atoms with Crippen LogP contribution in [-0.2, 0) is 0 Å². The van der Waals surface area contributed by atoms with Crippen molar-refractivity contribution in [3.05, 3.63) is 71.2 Å². The molecule has 0 unspecified atom stereocenters. The first-order valence-corrected chi connectivity index (χ1v) is 11.1. The van der Waals surface area contributed by atoms with Gasteiger partial charge in [-0.2, -0.15) is 0 Å². The maximum absolute atomic E-state index is 13.1. The quantitative estimate of drug-likeness (QED) is 0.340. The molecule has 1 heterocycles. The molecule has 0 aliphatic carbocycles. The molecule has 1 N–H and O–H groups in total. The normalized spacial score (nSPS) is 10.8. The molecule has 0 spiro atoms. The highest BCUT2D eigenvalue weighted by molar-refractivity contribution is 7.21. The number of thiazole rings is 1. The number of halogens is 1. The van der Waals surface area contributed by atoms with Gasteiger partial charge in [0, 0.05) is 22.2 Å². The van der Waals surface area contributed by atoms with E-state index in [0.717, 1.165) is 20.8 Å². The third-order valence-electron chi connectivity index (χ3n) is 4.52. The Morgan fingerprint density at radius 1 is 1.00 bits per heavy atom. The van der Waals surface area contributed by atoms with E-state index in [-0.39, 0.29) is 5.91 Å². The molecule has 0 radical (unpaired) electrons. The molecule has 0 saturated carbocycles. The van der Waals surface area contributed by atoms with Crippen molar-refractivity contribution in [2.45, 2.75) is 13.8 Å². The number of hydrogen-bond acceptors (Lipinski definition) is 5. The fourth-order valence-corrected chi connectivity index (χ4v) is 4.36. The fraction of sp³-hybridized carbons (Fsp3) is 0.167. The van der Waals surface area contributed by atoms with E-state index < -0.39 is 0 Å². The van der Waals surface area contributed by atoms with Crippen LogP contribution in [0.15, 0.2) is 60.7 Å². The number of ether oxygens (including phenoxy) is 2. The molecule has 0 saturated heterocycles. The maximum Gasteiger partial charge on any atom is 0.255 e. The van der Waals surface area contributed by atoms with Crippen molar-refractivity contribution >= 4 is 44.7 Å². The molecule has 4 rings (SSSR count). The van der Waals surface area contributed by atoms with Gasteiger partial charge in [-0.15, -0.1) is 11.3 Å². The number of aromatic nitrogens is 1. The highest BCUT2D eigenvalue weighted by Crippen LogP contribution is 2.36. The van der Waals surface area contributed by atoms with Gasteiger partial charge in [-0.05, 0) is 56.3 Å². The molecule has 0 aliphatic heterocycles. The highest BCUT2D eigenvalue weighted by atomic mass is 35.5. The van der Waals surface area contributed by atoms with Gasteiger partial charge in [-0.3, -0.25) is 4.79 Å². The van der Waals surface area contributed by atoms with E-state index in [2.05, 4.69) is 5.32 Å². The fourth-order valence-electron chi connectivity index (χ4n) is 3.19. The zero-order chi connectivity index (χ0) is 21.8. The van der Waals surface area contributed by atoms with Crippen molar-refractivity contribution in [1.29, 1.82) is 0 Å². The lowest BCUT2D eigenvalue weighted by atomic mass is 10.1. The Morgan fingerprint density at radius 2 is 1.71 bits per heavy atom. The van der Waals surface area contributed by atoms with E-state index in [1.54, 1.807) is 41.7 Å². The van der Waals surface area contributed by atoms with E-state index in [9.17, 15) is 4.79 Å². The van der Waals surface area contributed by atoms with Crippen LogP contribution in [0, 0.1) is 0 Å². The number of carbonyl (C=O) groups is 1. The summed E-state index contributed by atoms with van der Waals surface area (Å²) in [4.78, 5) is 17.8. The van der Waals surface area contributed by atoms with Crippen molar-refractivity contribution in [2.24, 2.45) is 0 Å². The minimum atomic E-state index is -0.271. The second-order valence-electron chi connectivity index (χ2n) is 6.69. The Morgan fingerprint density at radius 3 is 2.39 bits per heavy atom. The standard InChI is InChI=1S/C24H21ClN2O3S/c1-3-29-17-11-15(12-18(14-17)30-4-2)23(28)26-20-10-9-16(25)13-19(20)24-27-21-7-5-6-8-22(21)31-24/h5-14H,3-4H2,1-2H3,(H,26,28). The second kappa shape index (κ2) is 9.37. The smallest absolute Gasteiger partial charge is 0.255 e. The predicted octanol–water partition coefficient (Wildman–Crippen LogP) is 6.67. The summed E-state index contributed by atoms with van der Waals surface area (Å²) in [5.41, 5.74) is 2.76. The molecule has 3 aromatic carbocycles. The topological polar surface area (TPSA) is 60.5 Å². The average Bonchev–Trinajstić information content (AvgIpc) is 3.19. The minimum absolute atomic E-state index is 0.271. The van der Waals surface area contributed by atoms with Gasteiger partial charge in [0.1, 0.15) is 16.5 Å². The summed E-state index contributed by atoms with van der Waals surface area (Å²) in [6, 6.07) is 18.5. The van der Waals surface area contributed by atoms with Crippen LogP contribution in [0.5, 0.6) is 11.5 Å². The first-order chi connectivity index (χ1) is 15.1. The number of benzene rings is 3. The number of rotatable bonds is 7. The van der Waals surface area contributed by atoms with E-state index >= 15 is 0 Å². The highest BCUT2D eigenvalue weighted by Gasteiger charge is 2.16. The van der Waals surface area contributed by atoms with Crippen LogP contribution >= 0.6 is 22.9 Å². The molecule has 1 aromatic heterocycles. The third-order valence-corrected chi connectivity index (χ3v) is 5.82. The summed E-state index contributed by atoms with van der Waals surface area (Å²) in [6.45, 7) is 4.78. The number of nitrogens with one attached hydrogen (secondary N) is 1.